The van der Waals surface area contributed by atoms with E-state index < -0.39 is 5.97 Å². The summed E-state index contributed by atoms with van der Waals surface area (Å²) in [4.78, 5) is 28.8. The molecule has 0 aliphatic rings. The maximum atomic E-state index is 12.5. The van der Waals surface area contributed by atoms with Crippen LogP contribution in [0, 0.1) is 6.92 Å². The summed E-state index contributed by atoms with van der Waals surface area (Å²) in [7, 11) is 0. The molecular formula is C14H17N3O4. The highest BCUT2D eigenvalue weighted by molar-refractivity contribution is 5.97. The number of carbonyl (C=O) groups excluding carboxylic acids is 1. The van der Waals surface area contributed by atoms with E-state index in [0.717, 1.165) is 0 Å². The Morgan fingerprint density at radius 1 is 1.43 bits per heavy atom. The number of fused-ring (bicyclic) bond motifs is 1. The minimum atomic E-state index is -0.933. The Bertz CT molecular complexity index is 678. The number of nitrogens with zero attached hydrogens (tertiary/aromatic N) is 3. The van der Waals surface area contributed by atoms with Gasteiger partial charge in [-0.3, -0.25) is 9.59 Å². The highest BCUT2D eigenvalue weighted by atomic mass is 16.5. The summed E-state index contributed by atoms with van der Waals surface area (Å²) in [5.74, 6) is -1.18. The van der Waals surface area contributed by atoms with Gasteiger partial charge in [-0.1, -0.05) is 5.16 Å². The number of rotatable bonds is 5. The standard InChI is InChI=1S/C14H17N3O4/c1-8(2)17(5-4-12(18)19)14(20)10-6-11-9(3)16-21-13(11)15-7-10/h6-8H,4-5H2,1-3H3,(H,18,19). The van der Waals surface area contributed by atoms with Crippen molar-refractivity contribution in [3.63, 3.8) is 0 Å². The van der Waals surface area contributed by atoms with Crippen molar-refractivity contribution in [1.29, 1.82) is 0 Å². The molecule has 7 heteroatoms. The summed E-state index contributed by atoms with van der Waals surface area (Å²) in [6.07, 6.45) is 1.33. The zero-order valence-electron chi connectivity index (χ0n) is 12.2. The van der Waals surface area contributed by atoms with Crippen molar-refractivity contribution in [3.8, 4) is 0 Å². The van der Waals surface area contributed by atoms with Gasteiger partial charge in [-0.05, 0) is 26.8 Å². The van der Waals surface area contributed by atoms with Gasteiger partial charge in [-0.25, -0.2) is 4.98 Å². The van der Waals surface area contributed by atoms with Crippen LogP contribution in [0.2, 0.25) is 0 Å². The second-order valence-electron chi connectivity index (χ2n) is 5.08. The van der Waals surface area contributed by atoms with Crippen molar-refractivity contribution in [2.75, 3.05) is 6.54 Å². The number of hydrogen-bond acceptors (Lipinski definition) is 5. The molecule has 112 valence electrons. The maximum Gasteiger partial charge on any atom is 0.305 e. The van der Waals surface area contributed by atoms with Gasteiger partial charge in [0.25, 0.3) is 11.6 Å². The fraction of sp³-hybridized carbons (Fsp3) is 0.429. The molecule has 0 aliphatic carbocycles. The van der Waals surface area contributed by atoms with Crippen LogP contribution in [0.5, 0.6) is 0 Å². The van der Waals surface area contributed by atoms with Crippen molar-refractivity contribution in [2.24, 2.45) is 0 Å². The van der Waals surface area contributed by atoms with Crippen LogP contribution in [0.3, 0.4) is 0 Å². The number of carboxylic acid groups (broad SMARTS) is 1. The van der Waals surface area contributed by atoms with Crippen LogP contribution in [0.4, 0.5) is 0 Å². The second kappa shape index (κ2) is 5.90. The summed E-state index contributed by atoms with van der Waals surface area (Å²) in [5, 5.41) is 13.3. The molecule has 0 fully saturated rings. The zero-order chi connectivity index (χ0) is 15.6. The fourth-order valence-electron chi connectivity index (χ4n) is 2.04. The lowest BCUT2D eigenvalue weighted by atomic mass is 10.1. The van der Waals surface area contributed by atoms with Gasteiger partial charge in [-0.15, -0.1) is 0 Å². The third-order valence-corrected chi connectivity index (χ3v) is 3.21. The Morgan fingerprint density at radius 3 is 2.76 bits per heavy atom. The summed E-state index contributed by atoms with van der Waals surface area (Å²) in [6, 6.07) is 1.57. The maximum absolute atomic E-state index is 12.5. The lowest BCUT2D eigenvalue weighted by Crippen LogP contribution is -2.38. The van der Waals surface area contributed by atoms with E-state index in [2.05, 4.69) is 10.1 Å². The lowest BCUT2D eigenvalue weighted by Gasteiger charge is -2.26. The van der Waals surface area contributed by atoms with Crippen LogP contribution in [-0.4, -0.2) is 44.6 Å². The topological polar surface area (TPSA) is 96.5 Å². The first-order chi connectivity index (χ1) is 9.90. The van der Waals surface area contributed by atoms with Crippen LogP contribution in [0.15, 0.2) is 16.8 Å². The molecule has 0 saturated carbocycles. The number of amides is 1. The summed E-state index contributed by atoms with van der Waals surface area (Å²) >= 11 is 0. The summed E-state index contributed by atoms with van der Waals surface area (Å²) in [5.41, 5.74) is 1.44. The van der Waals surface area contributed by atoms with E-state index in [1.807, 2.05) is 13.8 Å². The highest BCUT2D eigenvalue weighted by Gasteiger charge is 2.21. The minimum absolute atomic E-state index is 0.0914. The molecule has 7 nitrogen and oxygen atoms in total. The summed E-state index contributed by atoms with van der Waals surface area (Å²) < 4.78 is 5.01. The molecule has 1 N–H and O–H groups in total. The number of hydrogen-bond donors (Lipinski definition) is 1. The van der Waals surface area contributed by atoms with E-state index >= 15 is 0 Å². The highest BCUT2D eigenvalue weighted by Crippen LogP contribution is 2.18. The molecule has 0 atom stereocenters. The molecule has 2 heterocycles. The van der Waals surface area contributed by atoms with E-state index in [9.17, 15) is 9.59 Å². The monoisotopic (exact) mass is 291 g/mol. The minimum Gasteiger partial charge on any atom is -0.481 e. The van der Waals surface area contributed by atoms with Gasteiger partial charge in [-0.2, -0.15) is 0 Å². The van der Waals surface area contributed by atoms with Gasteiger partial charge < -0.3 is 14.5 Å². The Morgan fingerprint density at radius 2 is 2.14 bits per heavy atom. The number of aliphatic carboxylic acids is 1. The molecule has 1 amide bonds. The molecule has 0 aliphatic heterocycles. The Hall–Kier alpha value is -2.44. The van der Waals surface area contributed by atoms with E-state index in [1.165, 1.54) is 11.1 Å². The Kier molecular flexibility index (Phi) is 4.21. The first-order valence-electron chi connectivity index (χ1n) is 6.65. The molecule has 0 radical (unpaired) electrons. The number of pyridine rings is 1. The molecular weight excluding hydrogens is 274 g/mol. The molecule has 2 aromatic heterocycles. The van der Waals surface area contributed by atoms with Crippen molar-refractivity contribution >= 4 is 23.0 Å². The first-order valence-corrected chi connectivity index (χ1v) is 6.65. The Balaban J connectivity index is 2.29. The third-order valence-electron chi connectivity index (χ3n) is 3.21. The largest absolute Gasteiger partial charge is 0.481 e. The van der Waals surface area contributed by atoms with E-state index in [1.54, 1.807) is 13.0 Å². The van der Waals surface area contributed by atoms with Crippen molar-refractivity contribution < 1.29 is 19.2 Å². The predicted molar refractivity (Wildman–Crippen MR) is 75.0 cm³/mol. The average molecular weight is 291 g/mol. The van der Waals surface area contributed by atoms with Gasteiger partial charge in [0.05, 0.1) is 23.1 Å². The van der Waals surface area contributed by atoms with Gasteiger partial charge >= 0.3 is 5.97 Å². The molecule has 0 bridgehead atoms. The molecule has 2 rings (SSSR count). The van der Waals surface area contributed by atoms with Gasteiger partial charge in [0.15, 0.2) is 0 Å². The summed E-state index contributed by atoms with van der Waals surface area (Å²) in [6.45, 7) is 5.62. The van der Waals surface area contributed by atoms with Crippen LogP contribution < -0.4 is 0 Å². The van der Waals surface area contributed by atoms with Gasteiger partial charge in [0.2, 0.25) is 0 Å². The van der Waals surface area contributed by atoms with Crippen molar-refractivity contribution in [3.05, 3.63) is 23.5 Å². The number of carbonyl (C=O) groups is 2. The van der Waals surface area contributed by atoms with E-state index in [0.29, 0.717) is 22.4 Å². The average Bonchev–Trinajstić information content (AvgIpc) is 2.79. The fourth-order valence-corrected chi connectivity index (χ4v) is 2.04. The molecule has 21 heavy (non-hydrogen) atoms. The van der Waals surface area contributed by atoms with Crippen LogP contribution in [0.25, 0.3) is 11.1 Å². The Labute approximate surface area is 121 Å². The molecule has 0 spiro atoms. The molecule has 0 saturated heterocycles. The smallest absolute Gasteiger partial charge is 0.305 e. The number of aromatic nitrogens is 2. The van der Waals surface area contributed by atoms with Crippen molar-refractivity contribution in [1.82, 2.24) is 15.0 Å². The van der Waals surface area contributed by atoms with Crippen LogP contribution in [0.1, 0.15) is 36.3 Å². The first kappa shape index (κ1) is 15.0. The number of aryl methyl sites for hydroxylation is 1. The van der Waals surface area contributed by atoms with Gasteiger partial charge in [0, 0.05) is 18.8 Å². The third kappa shape index (κ3) is 3.18. The van der Waals surface area contributed by atoms with Crippen molar-refractivity contribution in [2.45, 2.75) is 33.2 Å². The van der Waals surface area contributed by atoms with E-state index in [-0.39, 0.29) is 24.9 Å². The normalized spacial score (nSPS) is 11.0. The molecule has 2 aromatic rings. The molecule has 0 aromatic carbocycles. The predicted octanol–water partition coefficient (Wildman–Crippen LogP) is 1.86. The van der Waals surface area contributed by atoms with Crippen LogP contribution in [-0.2, 0) is 4.79 Å². The second-order valence-corrected chi connectivity index (χ2v) is 5.08. The van der Waals surface area contributed by atoms with E-state index in [4.69, 9.17) is 9.63 Å². The SMILES string of the molecule is Cc1noc2ncc(C(=O)N(CCC(=O)O)C(C)C)cc12. The lowest BCUT2D eigenvalue weighted by molar-refractivity contribution is -0.137. The van der Waals surface area contributed by atoms with Crippen LogP contribution >= 0.6 is 0 Å². The quantitative estimate of drug-likeness (QED) is 0.903. The number of carboxylic acids is 1. The molecule has 0 unspecified atom stereocenters. The zero-order valence-corrected chi connectivity index (χ0v) is 12.2. The van der Waals surface area contributed by atoms with Gasteiger partial charge in [0.1, 0.15) is 0 Å².